The minimum absolute atomic E-state index is 0.0254. The molecule has 0 bridgehead atoms. The van der Waals surface area contributed by atoms with Gasteiger partial charge in [-0.2, -0.15) is 0 Å². The molecule has 0 saturated carbocycles. The molecular formula is C10H15BrO5. The van der Waals surface area contributed by atoms with Gasteiger partial charge in [-0.15, -0.1) is 0 Å². The minimum Gasteiger partial charge on any atom is -0.481 e. The van der Waals surface area contributed by atoms with Crippen LogP contribution in [0.5, 0.6) is 0 Å². The maximum absolute atomic E-state index is 11.2. The third-order valence-corrected chi connectivity index (χ3v) is 2.58. The molecule has 92 valence electrons. The molecule has 0 aromatic heterocycles. The first-order chi connectivity index (χ1) is 7.45. The Morgan fingerprint density at radius 3 is 2.44 bits per heavy atom. The predicted molar refractivity (Wildman–Crippen MR) is 60.4 cm³/mol. The van der Waals surface area contributed by atoms with Crippen molar-refractivity contribution in [3.63, 3.8) is 0 Å². The summed E-state index contributed by atoms with van der Waals surface area (Å²) in [6, 6.07) is 0. The van der Waals surface area contributed by atoms with Crippen molar-refractivity contribution < 1.29 is 24.2 Å². The Kier molecular flexibility index (Phi) is 7.80. The van der Waals surface area contributed by atoms with E-state index in [-0.39, 0.29) is 36.5 Å². The van der Waals surface area contributed by atoms with E-state index in [1.165, 1.54) is 6.92 Å². The molecular weight excluding hydrogens is 280 g/mol. The highest BCUT2D eigenvalue weighted by Gasteiger charge is 2.16. The first-order valence-electron chi connectivity index (χ1n) is 4.88. The molecule has 1 unspecified atom stereocenters. The molecule has 0 aliphatic carbocycles. The molecule has 0 amide bonds. The summed E-state index contributed by atoms with van der Waals surface area (Å²) in [7, 11) is 0. The zero-order chi connectivity index (χ0) is 12.6. The van der Waals surface area contributed by atoms with Crippen LogP contribution in [0.4, 0.5) is 0 Å². The summed E-state index contributed by atoms with van der Waals surface area (Å²) < 4.78 is 4.78. The van der Waals surface area contributed by atoms with Crippen molar-refractivity contribution in [3.05, 3.63) is 0 Å². The fourth-order valence-electron chi connectivity index (χ4n) is 1.18. The normalized spacial score (nSPS) is 11.9. The average molecular weight is 295 g/mol. The number of ether oxygens (including phenoxy) is 1. The van der Waals surface area contributed by atoms with E-state index in [0.29, 0.717) is 6.42 Å². The number of Topliss-reactive ketones (excluding diaryl/α,β-unsaturated/α-hetero) is 1. The van der Waals surface area contributed by atoms with Crippen LogP contribution in [0, 0.1) is 5.92 Å². The standard InChI is InChI=1S/C10H15BrO5/c1-7(12)16-6-8(2-3-10(14)15)4-9(13)5-11/h8H,2-6H2,1H3,(H,14,15). The Morgan fingerprint density at radius 1 is 1.38 bits per heavy atom. The first kappa shape index (κ1) is 15.1. The number of carboxylic acid groups (broad SMARTS) is 1. The summed E-state index contributed by atoms with van der Waals surface area (Å²) in [5.41, 5.74) is 0. The fourth-order valence-corrected chi connectivity index (χ4v) is 1.41. The van der Waals surface area contributed by atoms with Crippen molar-refractivity contribution in [2.24, 2.45) is 5.92 Å². The lowest BCUT2D eigenvalue weighted by molar-refractivity contribution is -0.143. The number of carboxylic acids is 1. The Morgan fingerprint density at radius 2 is 2.00 bits per heavy atom. The van der Waals surface area contributed by atoms with Gasteiger partial charge in [0.05, 0.1) is 11.9 Å². The van der Waals surface area contributed by atoms with E-state index in [2.05, 4.69) is 15.9 Å². The Labute approximate surface area is 102 Å². The van der Waals surface area contributed by atoms with Crippen molar-refractivity contribution in [1.82, 2.24) is 0 Å². The van der Waals surface area contributed by atoms with Gasteiger partial charge < -0.3 is 9.84 Å². The largest absolute Gasteiger partial charge is 0.481 e. The highest BCUT2D eigenvalue weighted by atomic mass is 79.9. The second-order valence-corrected chi connectivity index (χ2v) is 4.04. The number of hydrogen-bond donors (Lipinski definition) is 1. The van der Waals surface area contributed by atoms with E-state index < -0.39 is 11.9 Å². The van der Waals surface area contributed by atoms with Crippen LogP contribution in [0.2, 0.25) is 0 Å². The minimum atomic E-state index is -0.917. The van der Waals surface area contributed by atoms with Crippen molar-refractivity contribution in [1.29, 1.82) is 0 Å². The van der Waals surface area contributed by atoms with E-state index in [4.69, 9.17) is 9.84 Å². The number of halogens is 1. The number of ketones is 1. The smallest absolute Gasteiger partial charge is 0.303 e. The summed E-state index contributed by atoms with van der Waals surface area (Å²) in [6.07, 6.45) is 0.536. The zero-order valence-electron chi connectivity index (χ0n) is 9.07. The molecule has 0 radical (unpaired) electrons. The predicted octanol–water partition coefficient (Wildman–Crippen LogP) is 1.38. The zero-order valence-corrected chi connectivity index (χ0v) is 10.7. The molecule has 1 N–H and O–H groups in total. The lowest BCUT2D eigenvalue weighted by atomic mass is 9.98. The van der Waals surface area contributed by atoms with Crippen molar-refractivity contribution >= 4 is 33.7 Å². The molecule has 0 aliphatic rings. The van der Waals surface area contributed by atoms with Crippen LogP contribution in [0.15, 0.2) is 0 Å². The van der Waals surface area contributed by atoms with Crippen LogP contribution in [0.3, 0.4) is 0 Å². The Bertz CT molecular complexity index is 246. The van der Waals surface area contributed by atoms with Gasteiger partial charge >= 0.3 is 11.9 Å². The number of aliphatic carboxylic acids is 1. The van der Waals surface area contributed by atoms with Crippen molar-refractivity contribution in [2.45, 2.75) is 26.2 Å². The fraction of sp³-hybridized carbons (Fsp3) is 0.700. The van der Waals surface area contributed by atoms with Crippen molar-refractivity contribution in [3.8, 4) is 0 Å². The number of esters is 1. The highest BCUT2D eigenvalue weighted by molar-refractivity contribution is 9.09. The van der Waals surface area contributed by atoms with Gasteiger partial charge in [-0.3, -0.25) is 14.4 Å². The van der Waals surface area contributed by atoms with Crippen molar-refractivity contribution in [2.75, 3.05) is 11.9 Å². The lowest BCUT2D eigenvalue weighted by Crippen LogP contribution is -2.18. The van der Waals surface area contributed by atoms with E-state index in [0.717, 1.165) is 0 Å². The SMILES string of the molecule is CC(=O)OCC(CCC(=O)O)CC(=O)CBr. The highest BCUT2D eigenvalue weighted by Crippen LogP contribution is 2.13. The molecule has 0 aromatic rings. The van der Waals surface area contributed by atoms with Gasteiger partial charge in [-0.1, -0.05) is 15.9 Å². The summed E-state index contributed by atoms with van der Waals surface area (Å²) >= 11 is 3.03. The molecule has 0 rings (SSSR count). The Hall–Kier alpha value is -0.910. The van der Waals surface area contributed by atoms with E-state index in [1.807, 2.05) is 0 Å². The van der Waals surface area contributed by atoms with Crippen LogP contribution in [0.1, 0.15) is 26.2 Å². The van der Waals surface area contributed by atoms with Crippen LogP contribution in [-0.4, -0.2) is 34.8 Å². The second kappa shape index (κ2) is 8.27. The van der Waals surface area contributed by atoms with Gasteiger partial charge in [-0.05, 0) is 6.42 Å². The van der Waals surface area contributed by atoms with Crippen LogP contribution >= 0.6 is 15.9 Å². The van der Waals surface area contributed by atoms with E-state index in [9.17, 15) is 14.4 Å². The number of carbonyl (C=O) groups excluding carboxylic acids is 2. The second-order valence-electron chi connectivity index (χ2n) is 3.48. The third kappa shape index (κ3) is 8.40. The molecule has 16 heavy (non-hydrogen) atoms. The van der Waals surface area contributed by atoms with Gasteiger partial charge in [0, 0.05) is 25.7 Å². The van der Waals surface area contributed by atoms with Crippen LogP contribution in [-0.2, 0) is 19.1 Å². The number of carbonyl (C=O) groups is 3. The van der Waals surface area contributed by atoms with Crippen LogP contribution < -0.4 is 0 Å². The first-order valence-corrected chi connectivity index (χ1v) is 6.00. The third-order valence-electron chi connectivity index (χ3n) is 1.95. The lowest BCUT2D eigenvalue weighted by Gasteiger charge is -2.14. The molecule has 5 nitrogen and oxygen atoms in total. The topological polar surface area (TPSA) is 80.7 Å². The summed E-state index contributed by atoms with van der Waals surface area (Å²) in [5, 5.41) is 8.76. The molecule has 0 saturated heterocycles. The van der Waals surface area contributed by atoms with Gasteiger partial charge in [0.1, 0.15) is 5.78 Å². The average Bonchev–Trinajstić information content (AvgIpc) is 2.21. The van der Waals surface area contributed by atoms with Gasteiger partial charge in [0.2, 0.25) is 0 Å². The summed E-state index contributed by atoms with van der Waals surface area (Å²) in [4.78, 5) is 32.2. The molecule has 0 heterocycles. The number of hydrogen-bond acceptors (Lipinski definition) is 4. The quantitative estimate of drug-likeness (QED) is 0.540. The summed E-state index contributed by atoms with van der Waals surface area (Å²) in [5.74, 6) is -1.58. The van der Waals surface area contributed by atoms with Gasteiger partial charge in [-0.25, -0.2) is 0 Å². The molecule has 0 aromatic carbocycles. The maximum Gasteiger partial charge on any atom is 0.303 e. The van der Waals surface area contributed by atoms with Gasteiger partial charge in [0.25, 0.3) is 0 Å². The monoisotopic (exact) mass is 294 g/mol. The molecule has 6 heteroatoms. The maximum atomic E-state index is 11.2. The molecule has 0 spiro atoms. The van der Waals surface area contributed by atoms with Gasteiger partial charge in [0.15, 0.2) is 0 Å². The van der Waals surface area contributed by atoms with Crippen LogP contribution in [0.25, 0.3) is 0 Å². The molecule has 0 fully saturated rings. The Balaban J connectivity index is 4.09. The number of alkyl halides is 1. The van der Waals surface area contributed by atoms with E-state index in [1.54, 1.807) is 0 Å². The number of rotatable bonds is 8. The summed E-state index contributed by atoms with van der Waals surface area (Å²) in [6.45, 7) is 1.38. The van der Waals surface area contributed by atoms with E-state index >= 15 is 0 Å². The molecule has 1 atom stereocenters. The molecule has 0 aliphatic heterocycles.